The van der Waals surface area contributed by atoms with Crippen molar-refractivity contribution in [2.24, 2.45) is 0 Å². The van der Waals surface area contributed by atoms with Crippen molar-refractivity contribution >= 4 is 12.0 Å². The summed E-state index contributed by atoms with van der Waals surface area (Å²) >= 11 is 0. The fourth-order valence-electron chi connectivity index (χ4n) is 3.18. The first-order valence-electron chi connectivity index (χ1n) is 9.59. The summed E-state index contributed by atoms with van der Waals surface area (Å²) in [5.41, 5.74) is 2.08. The monoisotopic (exact) mass is 382 g/mol. The van der Waals surface area contributed by atoms with Gasteiger partial charge in [0.15, 0.2) is 11.5 Å². The minimum absolute atomic E-state index is 0.122. The molecule has 0 aliphatic carbocycles. The molecule has 150 valence electrons. The Hall–Kier alpha value is -2.79. The second-order valence-electron chi connectivity index (χ2n) is 6.34. The fraction of sp³-hybridized carbons (Fsp3) is 0.348. The van der Waals surface area contributed by atoms with Gasteiger partial charge in [-0.1, -0.05) is 50.2 Å². The molecule has 5 nitrogen and oxygen atoms in total. The summed E-state index contributed by atoms with van der Waals surface area (Å²) < 4.78 is 10.5. The van der Waals surface area contributed by atoms with Crippen LogP contribution in [0.4, 0.5) is 0 Å². The van der Waals surface area contributed by atoms with E-state index in [1.807, 2.05) is 36.4 Å². The van der Waals surface area contributed by atoms with Crippen LogP contribution in [0.25, 0.3) is 6.08 Å². The Labute approximate surface area is 168 Å². The second kappa shape index (κ2) is 11.1. The SMILES string of the molecule is CCN(CC)C(CNC(=O)/C=C/c1ccc(OC)c(OC)c1)c1ccccc1. The molecule has 5 heteroatoms. The van der Waals surface area contributed by atoms with Gasteiger partial charge >= 0.3 is 0 Å². The van der Waals surface area contributed by atoms with Crippen LogP contribution < -0.4 is 14.8 Å². The van der Waals surface area contributed by atoms with Crippen LogP contribution in [0.3, 0.4) is 0 Å². The number of rotatable bonds is 10. The van der Waals surface area contributed by atoms with Gasteiger partial charge in [0.2, 0.25) is 5.91 Å². The highest BCUT2D eigenvalue weighted by atomic mass is 16.5. The summed E-state index contributed by atoms with van der Waals surface area (Å²) in [6, 6.07) is 16.0. The van der Waals surface area contributed by atoms with E-state index in [1.165, 1.54) is 5.56 Å². The molecule has 28 heavy (non-hydrogen) atoms. The van der Waals surface area contributed by atoms with Gasteiger partial charge in [-0.3, -0.25) is 9.69 Å². The van der Waals surface area contributed by atoms with Gasteiger partial charge in [0, 0.05) is 12.6 Å². The number of hydrogen-bond donors (Lipinski definition) is 1. The van der Waals surface area contributed by atoms with Crippen molar-refractivity contribution in [1.29, 1.82) is 0 Å². The number of methoxy groups -OCH3 is 2. The lowest BCUT2D eigenvalue weighted by molar-refractivity contribution is -0.116. The van der Waals surface area contributed by atoms with E-state index in [0.29, 0.717) is 18.0 Å². The third-order valence-electron chi connectivity index (χ3n) is 4.74. The Morgan fingerprint density at radius 2 is 1.71 bits per heavy atom. The van der Waals surface area contributed by atoms with E-state index in [2.05, 4.69) is 36.2 Å². The van der Waals surface area contributed by atoms with Crippen LogP contribution in [-0.4, -0.2) is 44.7 Å². The largest absolute Gasteiger partial charge is 0.493 e. The maximum atomic E-state index is 12.4. The van der Waals surface area contributed by atoms with Gasteiger partial charge in [0.25, 0.3) is 0 Å². The van der Waals surface area contributed by atoms with Crippen molar-refractivity contribution in [2.45, 2.75) is 19.9 Å². The molecule has 2 aromatic rings. The second-order valence-corrected chi connectivity index (χ2v) is 6.34. The maximum Gasteiger partial charge on any atom is 0.244 e. The van der Waals surface area contributed by atoms with E-state index in [9.17, 15) is 4.79 Å². The van der Waals surface area contributed by atoms with Gasteiger partial charge in [-0.05, 0) is 42.4 Å². The van der Waals surface area contributed by atoms with Crippen molar-refractivity contribution < 1.29 is 14.3 Å². The smallest absolute Gasteiger partial charge is 0.244 e. The van der Waals surface area contributed by atoms with Crippen molar-refractivity contribution in [1.82, 2.24) is 10.2 Å². The average molecular weight is 383 g/mol. The van der Waals surface area contributed by atoms with E-state index < -0.39 is 0 Å². The highest BCUT2D eigenvalue weighted by molar-refractivity contribution is 5.91. The predicted octanol–water partition coefficient (Wildman–Crippen LogP) is 3.92. The Kier molecular flexibility index (Phi) is 8.56. The number of nitrogens with one attached hydrogen (secondary N) is 1. The van der Waals surface area contributed by atoms with E-state index in [0.717, 1.165) is 18.7 Å². The third-order valence-corrected chi connectivity index (χ3v) is 4.74. The minimum atomic E-state index is -0.122. The summed E-state index contributed by atoms with van der Waals surface area (Å²) in [6.07, 6.45) is 3.32. The van der Waals surface area contributed by atoms with Gasteiger partial charge in [0.05, 0.1) is 20.3 Å². The molecule has 2 rings (SSSR count). The first kappa shape index (κ1) is 21.5. The Morgan fingerprint density at radius 3 is 2.32 bits per heavy atom. The molecule has 1 atom stereocenters. The van der Waals surface area contributed by atoms with Crippen LogP contribution in [0.2, 0.25) is 0 Å². The highest BCUT2D eigenvalue weighted by Gasteiger charge is 2.18. The summed E-state index contributed by atoms with van der Waals surface area (Å²) in [6.45, 7) is 6.68. The molecule has 2 aromatic carbocycles. The van der Waals surface area contributed by atoms with Crippen LogP contribution in [0, 0.1) is 0 Å². The van der Waals surface area contributed by atoms with Crippen molar-refractivity contribution in [3.8, 4) is 11.5 Å². The summed E-state index contributed by atoms with van der Waals surface area (Å²) in [5, 5.41) is 3.03. The number of nitrogens with zero attached hydrogens (tertiary/aromatic N) is 1. The number of benzene rings is 2. The normalized spacial score (nSPS) is 12.2. The molecular weight excluding hydrogens is 352 g/mol. The molecule has 0 fully saturated rings. The molecular formula is C23H30N2O3. The Balaban J connectivity index is 2.03. The van der Waals surface area contributed by atoms with E-state index in [-0.39, 0.29) is 11.9 Å². The summed E-state index contributed by atoms with van der Waals surface area (Å²) in [4.78, 5) is 14.7. The van der Waals surface area contributed by atoms with Gasteiger partial charge in [-0.15, -0.1) is 0 Å². The lowest BCUT2D eigenvalue weighted by Gasteiger charge is -2.30. The Morgan fingerprint density at radius 1 is 1.04 bits per heavy atom. The van der Waals surface area contributed by atoms with Gasteiger partial charge in [-0.25, -0.2) is 0 Å². The summed E-state index contributed by atoms with van der Waals surface area (Å²) in [5.74, 6) is 1.17. The molecule has 0 aromatic heterocycles. The maximum absolute atomic E-state index is 12.4. The van der Waals surface area contributed by atoms with Gasteiger partial charge in [-0.2, -0.15) is 0 Å². The molecule has 0 aliphatic rings. The number of amides is 1. The molecule has 0 saturated carbocycles. The molecule has 1 unspecified atom stereocenters. The van der Waals surface area contributed by atoms with Crippen molar-refractivity contribution in [2.75, 3.05) is 33.9 Å². The number of hydrogen-bond acceptors (Lipinski definition) is 4. The number of carbonyl (C=O) groups excluding carboxylic acids is 1. The zero-order chi connectivity index (χ0) is 20.4. The molecule has 0 heterocycles. The summed E-state index contributed by atoms with van der Waals surface area (Å²) in [7, 11) is 3.19. The lowest BCUT2D eigenvalue weighted by atomic mass is 10.1. The van der Waals surface area contributed by atoms with E-state index >= 15 is 0 Å². The van der Waals surface area contributed by atoms with Crippen molar-refractivity contribution in [3.05, 3.63) is 65.7 Å². The van der Waals surface area contributed by atoms with Gasteiger partial charge in [0.1, 0.15) is 0 Å². The molecule has 1 amide bonds. The molecule has 0 aliphatic heterocycles. The first-order chi connectivity index (χ1) is 13.6. The van der Waals surface area contributed by atoms with Crippen LogP contribution >= 0.6 is 0 Å². The lowest BCUT2D eigenvalue weighted by Crippen LogP contribution is -2.37. The Bertz CT molecular complexity index is 771. The minimum Gasteiger partial charge on any atom is -0.493 e. The third kappa shape index (κ3) is 5.86. The van der Waals surface area contributed by atoms with E-state index in [4.69, 9.17) is 9.47 Å². The number of likely N-dealkylation sites (N-methyl/N-ethyl adjacent to an activating group) is 1. The molecule has 1 N–H and O–H groups in total. The zero-order valence-electron chi connectivity index (χ0n) is 17.1. The molecule has 0 bridgehead atoms. The number of carbonyl (C=O) groups is 1. The molecule has 0 saturated heterocycles. The van der Waals surface area contributed by atoms with Gasteiger partial charge < -0.3 is 14.8 Å². The molecule has 0 spiro atoms. The predicted molar refractivity (Wildman–Crippen MR) is 114 cm³/mol. The topological polar surface area (TPSA) is 50.8 Å². The van der Waals surface area contributed by atoms with Crippen LogP contribution in [-0.2, 0) is 4.79 Å². The van der Waals surface area contributed by atoms with Crippen LogP contribution in [0.5, 0.6) is 11.5 Å². The standard InChI is InChI=1S/C23H30N2O3/c1-5-25(6-2)20(19-10-8-7-9-11-19)17-24-23(26)15-13-18-12-14-21(27-3)22(16-18)28-4/h7-16,20H,5-6,17H2,1-4H3,(H,24,26)/b15-13+. The van der Waals surface area contributed by atoms with E-state index in [1.54, 1.807) is 26.4 Å². The number of ether oxygens (including phenoxy) is 2. The fourth-order valence-corrected chi connectivity index (χ4v) is 3.18. The van der Waals surface area contributed by atoms with Crippen molar-refractivity contribution in [3.63, 3.8) is 0 Å². The zero-order valence-corrected chi connectivity index (χ0v) is 17.1. The average Bonchev–Trinajstić information content (AvgIpc) is 2.75. The first-order valence-corrected chi connectivity index (χ1v) is 9.59. The highest BCUT2D eigenvalue weighted by Crippen LogP contribution is 2.28. The quantitative estimate of drug-likeness (QED) is 0.633. The molecule has 0 radical (unpaired) electrons. The van der Waals surface area contributed by atoms with Crippen LogP contribution in [0.15, 0.2) is 54.6 Å². The van der Waals surface area contributed by atoms with Crippen LogP contribution in [0.1, 0.15) is 31.0 Å².